The molecule has 4 aliphatic carbocycles. The monoisotopic (exact) mass is 259 g/mol. The first kappa shape index (κ1) is 12.0. The highest BCUT2D eigenvalue weighted by Crippen LogP contribution is 2.57. The summed E-state index contributed by atoms with van der Waals surface area (Å²) in [5.41, 5.74) is 0.495. The van der Waals surface area contributed by atoms with E-state index in [0.717, 1.165) is 35.8 Å². The summed E-state index contributed by atoms with van der Waals surface area (Å²) in [4.78, 5) is 2.62. The van der Waals surface area contributed by atoms with Crippen molar-refractivity contribution in [3.63, 3.8) is 0 Å². The van der Waals surface area contributed by atoms with Gasteiger partial charge in [-0.1, -0.05) is 0 Å². The Kier molecular flexibility index (Phi) is 2.60. The van der Waals surface area contributed by atoms with Crippen molar-refractivity contribution >= 4 is 0 Å². The van der Waals surface area contributed by atoms with Gasteiger partial charge in [0.25, 0.3) is 0 Å². The van der Waals surface area contributed by atoms with E-state index in [4.69, 9.17) is 4.42 Å². The van der Waals surface area contributed by atoms with E-state index < -0.39 is 0 Å². The van der Waals surface area contributed by atoms with Gasteiger partial charge in [0.05, 0.1) is 6.54 Å². The van der Waals surface area contributed by atoms with Crippen LogP contribution < -0.4 is 0 Å². The van der Waals surface area contributed by atoms with Crippen LogP contribution in [0.4, 0.5) is 0 Å². The van der Waals surface area contributed by atoms with Gasteiger partial charge in [-0.15, -0.1) is 0 Å². The van der Waals surface area contributed by atoms with Crippen molar-refractivity contribution in [2.45, 2.75) is 57.5 Å². The predicted octanol–water partition coefficient (Wildman–Crippen LogP) is 3.99. The molecule has 0 atom stereocenters. The third-order valence-corrected chi connectivity index (χ3v) is 6.00. The molecule has 0 saturated heterocycles. The van der Waals surface area contributed by atoms with Crippen LogP contribution in [0.2, 0.25) is 0 Å². The number of aryl methyl sites for hydroxylation is 1. The SMILES string of the molecule is Cc1ccc(CN(C)C23CC4CC(CC(C4)C2)C3)o1. The summed E-state index contributed by atoms with van der Waals surface area (Å²) in [7, 11) is 2.32. The van der Waals surface area contributed by atoms with Crippen molar-refractivity contribution in [3.05, 3.63) is 23.7 Å². The lowest BCUT2D eigenvalue weighted by molar-refractivity contribution is -0.0838. The summed E-state index contributed by atoms with van der Waals surface area (Å²) < 4.78 is 5.78. The molecular formula is C17H25NO. The molecule has 2 nitrogen and oxygen atoms in total. The normalized spacial score (nSPS) is 40.3. The highest BCUT2D eigenvalue weighted by molar-refractivity contribution is 5.10. The maximum atomic E-state index is 5.78. The van der Waals surface area contributed by atoms with Gasteiger partial charge < -0.3 is 4.42 Å². The molecule has 4 saturated carbocycles. The van der Waals surface area contributed by atoms with Crippen LogP contribution in [0.25, 0.3) is 0 Å². The Bertz CT molecular complexity index is 440. The molecule has 0 aromatic carbocycles. The summed E-state index contributed by atoms with van der Waals surface area (Å²) in [6, 6.07) is 4.23. The van der Waals surface area contributed by atoms with E-state index in [9.17, 15) is 0 Å². The van der Waals surface area contributed by atoms with E-state index in [2.05, 4.69) is 24.1 Å². The average Bonchev–Trinajstić information content (AvgIpc) is 2.73. The Balaban J connectivity index is 1.54. The zero-order valence-corrected chi connectivity index (χ0v) is 12.2. The van der Waals surface area contributed by atoms with Crippen LogP contribution in [0.1, 0.15) is 50.0 Å². The zero-order valence-electron chi connectivity index (χ0n) is 12.2. The van der Waals surface area contributed by atoms with Gasteiger partial charge in [-0.2, -0.15) is 0 Å². The minimum Gasteiger partial charge on any atom is -0.465 e. The molecule has 0 unspecified atom stereocenters. The Labute approximate surface area is 116 Å². The molecule has 2 heteroatoms. The fourth-order valence-electron chi connectivity index (χ4n) is 5.50. The molecule has 19 heavy (non-hydrogen) atoms. The van der Waals surface area contributed by atoms with Gasteiger partial charge in [0.1, 0.15) is 11.5 Å². The molecule has 1 aromatic heterocycles. The topological polar surface area (TPSA) is 16.4 Å². The van der Waals surface area contributed by atoms with E-state index in [1.165, 1.54) is 38.5 Å². The number of hydrogen-bond acceptors (Lipinski definition) is 2. The molecule has 4 bridgehead atoms. The molecule has 0 radical (unpaired) electrons. The summed E-state index contributed by atoms with van der Waals surface area (Å²) >= 11 is 0. The van der Waals surface area contributed by atoms with Crippen LogP contribution in [-0.4, -0.2) is 17.5 Å². The first-order chi connectivity index (χ1) is 9.13. The Morgan fingerprint density at radius 3 is 2.16 bits per heavy atom. The van der Waals surface area contributed by atoms with Crippen LogP contribution in [0.15, 0.2) is 16.5 Å². The molecule has 1 heterocycles. The van der Waals surface area contributed by atoms with Crippen LogP contribution in [-0.2, 0) is 6.54 Å². The third-order valence-electron chi connectivity index (χ3n) is 6.00. The van der Waals surface area contributed by atoms with E-state index in [1.54, 1.807) is 0 Å². The molecule has 0 N–H and O–H groups in total. The standard InChI is InChI=1S/C17H25NO/c1-12-3-4-16(19-12)11-18(2)17-8-13-5-14(9-17)7-15(6-13)10-17/h3-4,13-15H,5-11H2,1-2H3. The minimum atomic E-state index is 0.495. The largest absolute Gasteiger partial charge is 0.465 e. The smallest absolute Gasteiger partial charge is 0.118 e. The zero-order chi connectivity index (χ0) is 13.0. The van der Waals surface area contributed by atoms with Gasteiger partial charge in [0.2, 0.25) is 0 Å². The average molecular weight is 259 g/mol. The van der Waals surface area contributed by atoms with Crippen LogP contribution in [0, 0.1) is 24.7 Å². The summed E-state index contributed by atoms with van der Waals surface area (Å²) in [5.74, 6) is 5.23. The van der Waals surface area contributed by atoms with Gasteiger partial charge in [0.15, 0.2) is 0 Å². The van der Waals surface area contributed by atoms with Gasteiger partial charge in [-0.05, 0) is 82.4 Å². The van der Waals surface area contributed by atoms with Gasteiger partial charge in [-0.3, -0.25) is 4.90 Å². The first-order valence-corrected chi connectivity index (χ1v) is 7.89. The van der Waals surface area contributed by atoms with Crippen LogP contribution in [0.5, 0.6) is 0 Å². The van der Waals surface area contributed by atoms with Gasteiger partial charge in [0, 0.05) is 5.54 Å². The Morgan fingerprint density at radius 2 is 1.68 bits per heavy atom. The number of furan rings is 1. The van der Waals surface area contributed by atoms with Gasteiger partial charge in [-0.25, -0.2) is 0 Å². The van der Waals surface area contributed by atoms with Crippen molar-refractivity contribution in [3.8, 4) is 0 Å². The summed E-state index contributed by atoms with van der Waals surface area (Å²) in [6.45, 7) is 3.02. The first-order valence-electron chi connectivity index (χ1n) is 7.89. The van der Waals surface area contributed by atoms with Gasteiger partial charge >= 0.3 is 0 Å². The summed E-state index contributed by atoms with van der Waals surface area (Å²) in [5, 5.41) is 0. The number of nitrogens with zero attached hydrogens (tertiary/aromatic N) is 1. The molecule has 0 aliphatic heterocycles. The van der Waals surface area contributed by atoms with Crippen molar-refractivity contribution in [1.29, 1.82) is 0 Å². The maximum Gasteiger partial charge on any atom is 0.118 e. The lowest BCUT2D eigenvalue weighted by atomic mass is 9.52. The molecule has 1 aromatic rings. The highest BCUT2D eigenvalue weighted by Gasteiger charge is 2.52. The quantitative estimate of drug-likeness (QED) is 0.816. The van der Waals surface area contributed by atoms with E-state index in [0.29, 0.717) is 5.54 Å². The molecule has 4 aliphatic rings. The fourth-order valence-corrected chi connectivity index (χ4v) is 5.50. The van der Waals surface area contributed by atoms with Crippen molar-refractivity contribution < 1.29 is 4.42 Å². The van der Waals surface area contributed by atoms with Crippen LogP contribution >= 0.6 is 0 Å². The van der Waals surface area contributed by atoms with Crippen molar-refractivity contribution in [1.82, 2.24) is 4.90 Å². The van der Waals surface area contributed by atoms with Crippen LogP contribution in [0.3, 0.4) is 0 Å². The molecule has 0 spiro atoms. The third kappa shape index (κ3) is 1.96. The molecule has 4 fully saturated rings. The van der Waals surface area contributed by atoms with E-state index in [-0.39, 0.29) is 0 Å². The Morgan fingerprint density at radius 1 is 1.11 bits per heavy atom. The number of rotatable bonds is 3. The fraction of sp³-hybridized carbons (Fsp3) is 0.765. The van der Waals surface area contributed by atoms with E-state index >= 15 is 0 Å². The molecule has 5 rings (SSSR count). The molecule has 0 amide bonds. The molecule has 104 valence electrons. The lowest BCUT2D eigenvalue weighted by Crippen LogP contribution is -2.58. The lowest BCUT2D eigenvalue weighted by Gasteiger charge is -2.59. The minimum absolute atomic E-state index is 0.495. The second kappa shape index (κ2) is 4.12. The van der Waals surface area contributed by atoms with Crippen molar-refractivity contribution in [2.24, 2.45) is 17.8 Å². The predicted molar refractivity (Wildman–Crippen MR) is 75.8 cm³/mol. The summed E-state index contributed by atoms with van der Waals surface area (Å²) in [6.07, 6.45) is 8.88. The second-order valence-corrected chi connectivity index (χ2v) is 7.51. The number of hydrogen-bond donors (Lipinski definition) is 0. The highest BCUT2D eigenvalue weighted by atomic mass is 16.3. The van der Waals surface area contributed by atoms with Crippen molar-refractivity contribution in [2.75, 3.05) is 7.05 Å². The second-order valence-electron chi connectivity index (χ2n) is 7.51. The van der Waals surface area contributed by atoms with E-state index in [1.807, 2.05) is 6.92 Å². The Hall–Kier alpha value is -0.760. The maximum absolute atomic E-state index is 5.78. The molecular weight excluding hydrogens is 234 g/mol.